The van der Waals surface area contributed by atoms with Crippen molar-refractivity contribution >= 4 is 44.8 Å². The maximum atomic E-state index is 12.6. The van der Waals surface area contributed by atoms with E-state index in [0.29, 0.717) is 13.2 Å². The molecular formula is C20H23ClN2O6S2. The minimum absolute atomic E-state index is 0.0180. The number of halogens is 1. The van der Waals surface area contributed by atoms with Crippen molar-refractivity contribution in [3.8, 4) is 0 Å². The van der Waals surface area contributed by atoms with E-state index in [9.17, 15) is 18.0 Å². The van der Waals surface area contributed by atoms with Crippen LogP contribution in [0.3, 0.4) is 0 Å². The normalized spacial score (nSPS) is 16.3. The SMILES string of the molecule is CN(Cc1cccs1)C(=O)COC(=O)c1ccc(Cl)c(S(=O)(=O)NCC2CCCO2)c1. The number of likely N-dealkylation sites (N-methyl/N-ethyl adjacent to an activating group) is 1. The van der Waals surface area contributed by atoms with Crippen molar-refractivity contribution in [1.82, 2.24) is 9.62 Å². The summed E-state index contributed by atoms with van der Waals surface area (Å²) in [6, 6.07) is 7.60. The molecule has 1 aromatic heterocycles. The molecule has 1 aromatic carbocycles. The van der Waals surface area contributed by atoms with Gasteiger partial charge in [-0.1, -0.05) is 17.7 Å². The molecule has 1 saturated heterocycles. The predicted octanol–water partition coefficient (Wildman–Crippen LogP) is 2.67. The summed E-state index contributed by atoms with van der Waals surface area (Å²) in [5, 5.41) is 1.89. The molecular weight excluding hydrogens is 464 g/mol. The molecule has 0 radical (unpaired) electrons. The summed E-state index contributed by atoms with van der Waals surface area (Å²) in [7, 11) is -2.34. The van der Waals surface area contributed by atoms with Gasteiger partial charge in [0.25, 0.3) is 5.91 Å². The molecule has 2 heterocycles. The highest BCUT2D eigenvalue weighted by molar-refractivity contribution is 7.89. The Labute approximate surface area is 190 Å². The van der Waals surface area contributed by atoms with Crippen LogP contribution in [0.25, 0.3) is 0 Å². The van der Waals surface area contributed by atoms with Crippen LogP contribution in [0.5, 0.6) is 0 Å². The standard InChI is InChI=1S/C20H23ClN2O6S2/c1-23(12-16-5-3-9-30-16)19(24)13-29-20(25)14-6-7-17(21)18(10-14)31(26,27)22-11-15-4-2-8-28-15/h3,5-7,9-10,15,22H,2,4,8,11-13H2,1H3. The third-order valence-corrected chi connectivity index (χ3v) is 7.47. The average molecular weight is 487 g/mol. The van der Waals surface area contributed by atoms with Crippen LogP contribution >= 0.6 is 22.9 Å². The molecule has 11 heteroatoms. The molecule has 168 valence electrons. The first-order valence-electron chi connectivity index (χ1n) is 9.60. The first-order valence-corrected chi connectivity index (χ1v) is 12.3. The van der Waals surface area contributed by atoms with E-state index in [2.05, 4.69) is 4.72 Å². The number of hydrogen-bond donors (Lipinski definition) is 1. The van der Waals surface area contributed by atoms with Gasteiger partial charge in [-0.25, -0.2) is 17.9 Å². The maximum Gasteiger partial charge on any atom is 0.338 e. The van der Waals surface area contributed by atoms with Gasteiger partial charge in [0.1, 0.15) is 4.90 Å². The number of hydrogen-bond acceptors (Lipinski definition) is 7. The average Bonchev–Trinajstić information content (AvgIpc) is 3.44. The topological polar surface area (TPSA) is 102 Å². The third kappa shape index (κ3) is 6.50. The molecule has 8 nitrogen and oxygen atoms in total. The molecule has 2 aromatic rings. The molecule has 1 aliphatic rings. The summed E-state index contributed by atoms with van der Waals surface area (Å²) < 4.78 is 38.2. The Balaban J connectivity index is 1.60. The zero-order chi connectivity index (χ0) is 22.4. The molecule has 1 aliphatic heterocycles. The Bertz CT molecular complexity index is 1020. The third-order valence-electron chi connectivity index (χ3n) is 4.71. The lowest BCUT2D eigenvalue weighted by atomic mass is 10.2. The molecule has 31 heavy (non-hydrogen) atoms. The van der Waals surface area contributed by atoms with Gasteiger partial charge in [0.15, 0.2) is 6.61 Å². The van der Waals surface area contributed by atoms with Crippen LogP contribution in [0.2, 0.25) is 5.02 Å². The van der Waals surface area contributed by atoms with Crippen LogP contribution in [0.15, 0.2) is 40.6 Å². The number of carbonyl (C=O) groups is 2. The molecule has 0 spiro atoms. The van der Waals surface area contributed by atoms with Gasteiger partial charge in [0.05, 0.1) is 23.2 Å². The fourth-order valence-electron chi connectivity index (χ4n) is 2.97. The number of benzene rings is 1. The van der Waals surface area contributed by atoms with Gasteiger partial charge in [-0.2, -0.15) is 0 Å². The Morgan fingerprint density at radius 1 is 1.35 bits per heavy atom. The van der Waals surface area contributed by atoms with Gasteiger partial charge in [-0.3, -0.25) is 4.79 Å². The van der Waals surface area contributed by atoms with Gasteiger partial charge in [-0.05, 0) is 42.5 Å². The minimum Gasteiger partial charge on any atom is -0.452 e. The van der Waals surface area contributed by atoms with Crippen LogP contribution in [-0.2, 0) is 30.8 Å². The molecule has 0 saturated carbocycles. The van der Waals surface area contributed by atoms with Gasteiger partial charge in [-0.15, -0.1) is 11.3 Å². The van der Waals surface area contributed by atoms with Crippen LogP contribution in [-0.4, -0.2) is 58.1 Å². The molecule has 1 amide bonds. The minimum atomic E-state index is -3.95. The molecule has 1 N–H and O–H groups in total. The second kappa shape index (κ2) is 10.6. The van der Waals surface area contributed by atoms with Gasteiger partial charge in [0, 0.05) is 25.1 Å². The number of sulfonamides is 1. The highest BCUT2D eigenvalue weighted by atomic mass is 35.5. The van der Waals surface area contributed by atoms with Crippen molar-refractivity contribution in [2.24, 2.45) is 0 Å². The maximum absolute atomic E-state index is 12.6. The van der Waals surface area contributed by atoms with E-state index in [-0.39, 0.29) is 34.0 Å². The number of thiophene rings is 1. The van der Waals surface area contributed by atoms with Crippen LogP contribution in [0.4, 0.5) is 0 Å². The zero-order valence-corrected chi connectivity index (χ0v) is 19.3. The van der Waals surface area contributed by atoms with Crippen molar-refractivity contribution < 1.29 is 27.5 Å². The molecule has 0 bridgehead atoms. The molecule has 1 atom stereocenters. The largest absolute Gasteiger partial charge is 0.452 e. The van der Waals surface area contributed by atoms with Crippen molar-refractivity contribution in [2.75, 3.05) is 26.8 Å². The molecule has 3 rings (SSSR count). The summed E-state index contributed by atoms with van der Waals surface area (Å²) in [5.74, 6) is -1.19. The predicted molar refractivity (Wildman–Crippen MR) is 117 cm³/mol. The zero-order valence-electron chi connectivity index (χ0n) is 16.9. The second-order valence-corrected chi connectivity index (χ2v) is 10.2. The number of ether oxygens (including phenoxy) is 2. The number of nitrogens with zero attached hydrogens (tertiary/aromatic N) is 1. The highest BCUT2D eigenvalue weighted by Crippen LogP contribution is 2.23. The molecule has 0 aliphatic carbocycles. The fraction of sp³-hybridized carbons (Fsp3) is 0.400. The first-order chi connectivity index (χ1) is 14.8. The quantitative estimate of drug-likeness (QED) is 0.547. The van der Waals surface area contributed by atoms with Crippen LogP contribution in [0.1, 0.15) is 28.1 Å². The number of nitrogens with one attached hydrogen (secondary N) is 1. The van der Waals surface area contributed by atoms with Gasteiger partial charge in [0.2, 0.25) is 10.0 Å². The van der Waals surface area contributed by atoms with Gasteiger partial charge < -0.3 is 14.4 Å². The van der Waals surface area contributed by atoms with E-state index >= 15 is 0 Å². The van der Waals surface area contributed by atoms with Crippen molar-refractivity contribution in [1.29, 1.82) is 0 Å². The lowest BCUT2D eigenvalue weighted by Crippen LogP contribution is -2.32. The van der Waals surface area contributed by atoms with Crippen molar-refractivity contribution in [3.63, 3.8) is 0 Å². The van der Waals surface area contributed by atoms with E-state index in [0.717, 1.165) is 23.8 Å². The Morgan fingerprint density at radius 3 is 2.84 bits per heavy atom. The molecule has 1 fully saturated rings. The van der Waals surface area contributed by atoms with Crippen molar-refractivity contribution in [2.45, 2.75) is 30.4 Å². The number of amides is 1. The second-order valence-electron chi connectivity index (χ2n) is 7.04. The number of esters is 1. The van der Waals surface area contributed by atoms with E-state index < -0.39 is 22.6 Å². The van der Waals surface area contributed by atoms with E-state index in [1.807, 2.05) is 17.5 Å². The van der Waals surface area contributed by atoms with Crippen LogP contribution < -0.4 is 4.72 Å². The summed E-state index contributed by atoms with van der Waals surface area (Å²) >= 11 is 7.58. The molecule has 1 unspecified atom stereocenters. The fourth-order valence-corrected chi connectivity index (χ4v) is 5.31. The Kier molecular flexibility index (Phi) is 8.06. The van der Waals surface area contributed by atoms with E-state index in [4.69, 9.17) is 21.1 Å². The lowest BCUT2D eigenvalue weighted by molar-refractivity contribution is -0.133. The monoisotopic (exact) mass is 486 g/mol. The smallest absolute Gasteiger partial charge is 0.338 e. The van der Waals surface area contributed by atoms with E-state index in [1.165, 1.54) is 28.4 Å². The first kappa shape index (κ1) is 23.7. The van der Waals surface area contributed by atoms with Crippen LogP contribution in [0, 0.1) is 0 Å². The Hall–Kier alpha value is -1.98. The summed E-state index contributed by atoms with van der Waals surface area (Å²) in [5.41, 5.74) is -0.0180. The van der Waals surface area contributed by atoms with Crippen molar-refractivity contribution in [3.05, 3.63) is 51.2 Å². The summed E-state index contributed by atoms with van der Waals surface area (Å²) in [4.78, 5) is 26.8. The van der Waals surface area contributed by atoms with Gasteiger partial charge >= 0.3 is 5.97 Å². The summed E-state index contributed by atoms with van der Waals surface area (Å²) in [6.07, 6.45) is 1.48. The highest BCUT2D eigenvalue weighted by Gasteiger charge is 2.24. The lowest BCUT2D eigenvalue weighted by Gasteiger charge is -2.16. The number of carbonyl (C=O) groups excluding carboxylic acids is 2. The summed E-state index contributed by atoms with van der Waals surface area (Å²) in [6.45, 7) is 0.685. The number of rotatable bonds is 9. The van der Waals surface area contributed by atoms with E-state index in [1.54, 1.807) is 7.05 Å². The Morgan fingerprint density at radius 2 is 2.16 bits per heavy atom.